The van der Waals surface area contributed by atoms with Crippen molar-refractivity contribution < 1.29 is 32.6 Å². The van der Waals surface area contributed by atoms with Crippen molar-refractivity contribution in [1.82, 2.24) is 10.3 Å². The third kappa shape index (κ3) is 5.10. The molecule has 6 nitrogen and oxygen atoms in total. The number of hydrogen-bond acceptors (Lipinski definition) is 4. The van der Waals surface area contributed by atoms with Crippen LogP contribution < -0.4 is 10.1 Å². The second-order valence-electron chi connectivity index (χ2n) is 5.62. The Labute approximate surface area is 136 Å². The molecule has 9 heteroatoms. The highest BCUT2D eigenvalue weighted by atomic mass is 19.4. The summed E-state index contributed by atoms with van der Waals surface area (Å²) < 4.78 is 41.3. The molecule has 1 aliphatic rings. The van der Waals surface area contributed by atoms with Gasteiger partial charge in [-0.3, -0.25) is 9.59 Å². The predicted octanol–water partition coefficient (Wildman–Crippen LogP) is 2.40. The smallest absolute Gasteiger partial charge is 0.422 e. The Hall–Kier alpha value is -2.32. The number of carboxylic acids is 1. The van der Waals surface area contributed by atoms with Gasteiger partial charge in [0.2, 0.25) is 5.88 Å². The lowest BCUT2D eigenvalue weighted by atomic mass is 9.86. The monoisotopic (exact) mass is 346 g/mol. The number of carbonyl (C=O) groups excluding carboxylic acids is 1. The van der Waals surface area contributed by atoms with Crippen molar-refractivity contribution in [1.29, 1.82) is 0 Å². The number of alkyl halides is 3. The van der Waals surface area contributed by atoms with Crippen LogP contribution in [0.15, 0.2) is 18.3 Å². The van der Waals surface area contributed by atoms with Crippen LogP contribution in [0.5, 0.6) is 5.88 Å². The number of nitrogens with zero attached hydrogens (tertiary/aromatic N) is 1. The van der Waals surface area contributed by atoms with Gasteiger partial charge in [0.25, 0.3) is 5.91 Å². The van der Waals surface area contributed by atoms with Crippen LogP contribution in [0, 0.1) is 5.92 Å². The summed E-state index contributed by atoms with van der Waals surface area (Å²) >= 11 is 0. The van der Waals surface area contributed by atoms with Crippen molar-refractivity contribution in [3.63, 3.8) is 0 Å². The molecule has 2 rings (SSSR count). The number of hydrogen-bond donors (Lipinski definition) is 2. The summed E-state index contributed by atoms with van der Waals surface area (Å²) in [5, 5.41) is 11.6. The first-order valence-corrected chi connectivity index (χ1v) is 7.44. The van der Waals surface area contributed by atoms with Gasteiger partial charge < -0.3 is 15.2 Å². The highest BCUT2D eigenvalue weighted by Crippen LogP contribution is 2.25. The summed E-state index contributed by atoms with van der Waals surface area (Å²) in [6.45, 7) is -1.53. The van der Waals surface area contributed by atoms with Crippen molar-refractivity contribution in [2.24, 2.45) is 5.92 Å². The summed E-state index contributed by atoms with van der Waals surface area (Å²) in [5.41, 5.74) is -0.0814. The fourth-order valence-electron chi connectivity index (χ4n) is 2.58. The normalized spacial score (nSPS) is 21.1. The highest BCUT2D eigenvalue weighted by molar-refractivity contribution is 5.96. The Bertz CT molecular complexity index is 599. The lowest BCUT2D eigenvalue weighted by Gasteiger charge is -2.27. The average Bonchev–Trinajstić information content (AvgIpc) is 2.53. The molecule has 132 valence electrons. The molecular formula is C15H17F3N2O4. The molecule has 2 N–H and O–H groups in total. The number of aromatic nitrogens is 1. The maximum absolute atomic E-state index is 12.2. The fraction of sp³-hybridized carbons (Fsp3) is 0.533. The molecule has 0 bridgehead atoms. The van der Waals surface area contributed by atoms with Gasteiger partial charge in [-0.2, -0.15) is 13.2 Å². The molecule has 0 atom stereocenters. The third-order valence-electron chi connectivity index (χ3n) is 3.80. The van der Waals surface area contributed by atoms with E-state index in [0.29, 0.717) is 25.7 Å². The number of carbonyl (C=O) groups is 2. The number of rotatable bonds is 5. The lowest BCUT2D eigenvalue weighted by molar-refractivity contribution is -0.154. The number of ether oxygens (including phenoxy) is 1. The summed E-state index contributed by atoms with van der Waals surface area (Å²) in [6.07, 6.45) is -1.39. The van der Waals surface area contributed by atoms with E-state index >= 15 is 0 Å². The van der Waals surface area contributed by atoms with Crippen molar-refractivity contribution >= 4 is 11.9 Å². The minimum Gasteiger partial charge on any atom is -0.481 e. The van der Waals surface area contributed by atoms with Gasteiger partial charge in [-0.15, -0.1) is 0 Å². The number of amides is 1. The third-order valence-corrected chi connectivity index (χ3v) is 3.80. The molecule has 24 heavy (non-hydrogen) atoms. The molecule has 0 unspecified atom stereocenters. The molecule has 1 aromatic rings. The van der Waals surface area contributed by atoms with E-state index < -0.39 is 30.6 Å². The molecule has 1 amide bonds. The van der Waals surface area contributed by atoms with E-state index in [1.54, 1.807) is 0 Å². The quantitative estimate of drug-likeness (QED) is 0.855. The van der Waals surface area contributed by atoms with Crippen molar-refractivity contribution in [3.05, 3.63) is 23.9 Å². The van der Waals surface area contributed by atoms with E-state index in [1.165, 1.54) is 18.3 Å². The Morgan fingerprint density at radius 3 is 2.54 bits per heavy atom. The van der Waals surface area contributed by atoms with Gasteiger partial charge in [0.05, 0.1) is 5.92 Å². The van der Waals surface area contributed by atoms with Crippen LogP contribution >= 0.6 is 0 Å². The van der Waals surface area contributed by atoms with E-state index in [0.717, 1.165) is 0 Å². The summed E-state index contributed by atoms with van der Waals surface area (Å²) in [4.78, 5) is 26.8. The molecule has 0 saturated heterocycles. The SMILES string of the molecule is O=C(NC1CCC(C(=O)O)CC1)c1cccnc1OCC(F)(F)F. The standard InChI is InChI=1S/C15H17F3N2O4/c16-15(17,18)8-24-13-11(2-1-7-19-13)12(21)20-10-5-3-9(4-6-10)14(22)23/h1-2,7,9-10H,3-6,8H2,(H,20,21)(H,22,23). The molecular weight excluding hydrogens is 329 g/mol. The summed E-state index contributed by atoms with van der Waals surface area (Å²) in [7, 11) is 0. The van der Waals surface area contributed by atoms with Crippen molar-refractivity contribution in [2.45, 2.75) is 37.9 Å². The van der Waals surface area contributed by atoms with Crippen LogP contribution in [0.25, 0.3) is 0 Å². The zero-order valence-corrected chi connectivity index (χ0v) is 12.7. The summed E-state index contributed by atoms with van der Waals surface area (Å²) in [6, 6.07) is 2.54. The van der Waals surface area contributed by atoms with Gasteiger partial charge in [0, 0.05) is 12.2 Å². The van der Waals surface area contributed by atoms with E-state index in [2.05, 4.69) is 15.0 Å². The number of halogens is 3. The van der Waals surface area contributed by atoms with Crippen molar-refractivity contribution in [2.75, 3.05) is 6.61 Å². The second-order valence-corrected chi connectivity index (χ2v) is 5.62. The number of aliphatic carboxylic acids is 1. The first-order valence-electron chi connectivity index (χ1n) is 7.44. The zero-order valence-electron chi connectivity index (χ0n) is 12.7. The van der Waals surface area contributed by atoms with E-state index in [1.807, 2.05) is 0 Å². The first-order chi connectivity index (χ1) is 11.3. The van der Waals surface area contributed by atoms with Crippen LogP contribution in [0.1, 0.15) is 36.0 Å². The topological polar surface area (TPSA) is 88.5 Å². The van der Waals surface area contributed by atoms with Crippen LogP contribution in [-0.4, -0.2) is 40.8 Å². The number of carboxylic acid groups (broad SMARTS) is 1. The van der Waals surface area contributed by atoms with E-state index in [9.17, 15) is 22.8 Å². The van der Waals surface area contributed by atoms with Crippen LogP contribution in [0.3, 0.4) is 0 Å². The molecule has 1 saturated carbocycles. The zero-order chi connectivity index (χ0) is 17.7. The van der Waals surface area contributed by atoms with Crippen LogP contribution in [0.4, 0.5) is 13.2 Å². The Morgan fingerprint density at radius 1 is 1.29 bits per heavy atom. The van der Waals surface area contributed by atoms with Crippen molar-refractivity contribution in [3.8, 4) is 5.88 Å². The van der Waals surface area contributed by atoms with E-state index in [4.69, 9.17) is 5.11 Å². The minimum absolute atomic E-state index is 0.0814. The lowest BCUT2D eigenvalue weighted by Crippen LogP contribution is -2.39. The van der Waals surface area contributed by atoms with Gasteiger partial charge in [-0.05, 0) is 37.8 Å². The second kappa shape index (κ2) is 7.50. The fourth-order valence-corrected chi connectivity index (χ4v) is 2.58. The molecule has 0 aliphatic heterocycles. The average molecular weight is 346 g/mol. The minimum atomic E-state index is -4.53. The van der Waals surface area contributed by atoms with E-state index in [-0.39, 0.29) is 17.5 Å². The van der Waals surface area contributed by atoms with Crippen LogP contribution in [-0.2, 0) is 4.79 Å². The van der Waals surface area contributed by atoms with Crippen LogP contribution in [0.2, 0.25) is 0 Å². The maximum Gasteiger partial charge on any atom is 0.422 e. The Balaban J connectivity index is 1.96. The molecule has 0 aromatic carbocycles. The Kier molecular flexibility index (Phi) is 5.63. The molecule has 1 aromatic heterocycles. The van der Waals surface area contributed by atoms with Gasteiger partial charge in [-0.25, -0.2) is 4.98 Å². The first kappa shape index (κ1) is 18.0. The predicted molar refractivity (Wildman–Crippen MR) is 76.6 cm³/mol. The van der Waals surface area contributed by atoms with Gasteiger partial charge in [0.15, 0.2) is 6.61 Å². The molecule has 0 radical (unpaired) electrons. The summed E-state index contributed by atoms with van der Waals surface area (Å²) in [5.74, 6) is -2.23. The molecule has 0 spiro atoms. The largest absolute Gasteiger partial charge is 0.481 e. The van der Waals surface area contributed by atoms with Gasteiger partial charge in [0.1, 0.15) is 5.56 Å². The number of nitrogens with one attached hydrogen (secondary N) is 1. The van der Waals surface area contributed by atoms with Gasteiger partial charge >= 0.3 is 12.1 Å². The molecule has 1 fully saturated rings. The van der Waals surface area contributed by atoms with Gasteiger partial charge in [-0.1, -0.05) is 0 Å². The highest BCUT2D eigenvalue weighted by Gasteiger charge is 2.30. The molecule has 1 heterocycles. The maximum atomic E-state index is 12.2. The molecule has 1 aliphatic carbocycles. The number of pyridine rings is 1. The Morgan fingerprint density at radius 2 is 1.96 bits per heavy atom.